The number of nitrogens with one attached hydrogen (secondary N) is 1. The number of aromatic nitrogens is 6. The van der Waals surface area contributed by atoms with E-state index in [2.05, 4.69) is 45.7 Å². The van der Waals surface area contributed by atoms with E-state index < -0.39 is 5.54 Å². The van der Waals surface area contributed by atoms with Gasteiger partial charge in [-0.05, 0) is 72.9 Å². The van der Waals surface area contributed by atoms with Crippen LogP contribution in [0.15, 0.2) is 96.6 Å². The van der Waals surface area contributed by atoms with Crippen LogP contribution < -0.4 is 10.9 Å². The van der Waals surface area contributed by atoms with Crippen molar-refractivity contribution in [1.29, 1.82) is 0 Å². The Kier molecular flexibility index (Phi) is 6.45. The highest BCUT2D eigenvalue weighted by molar-refractivity contribution is 6.00. The number of anilines is 1. The van der Waals surface area contributed by atoms with E-state index >= 15 is 0 Å². The molecule has 228 valence electrons. The largest absolute Gasteiger partial charge is 0.323 e. The number of nitrogens with zero attached hydrogens (tertiary/aromatic N) is 6. The number of hydrogen-bond acceptors (Lipinski definition) is 6. The molecule has 0 radical (unpaired) electrons. The van der Waals surface area contributed by atoms with Crippen LogP contribution in [0.3, 0.4) is 0 Å². The zero-order valence-electron chi connectivity index (χ0n) is 25.9. The summed E-state index contributed by atoms with van der Waals surface area (Å²) in [5.74, 6) is -0.0889. The minimum absolute atomic E-state index is 0.0324. The van der Waals surface area contributed by atoms with Crippen molar-refractivity contribution in [2.45, 2.75) is 38.6 Å². The van der Waals surface area contributed by atoms with Crippen molar-refractivity contribution in [3.8, 4) is 33.6 Å². The lowest BCUT2D eigenvalue weighted by atomic mass is 9.92. The molecule has 2 aromatic carbocycles. The fourth-order valence-electron chi connectivity index (χ4n) is 7.22. The Hall–Kier alpha value is -5.44. The summed E-state index contributed by atoms with van der Waals surface area (Å²) in [6.07, 6.45) is 11.1. The third kappa shape index (κ3) is 4.45. The number of fused-ring (bicyclic) bond motifs is 7. The number of benzene rings is 2. The summed E-state index contributed by atoms with van der Waals surface area (Å²) in [5, 5.41) is 9.65. The Morgan fingerprint density at radius 2 is 1.80 bits per heavy atom. The van der Waals surface area contributed by atoms with Crippen molar-refractivity contribution < 1.29 is 4.79 Å². The lowest BCUT2D eigenvalue weighted by Gasteiger charge is -2.23. The van der Waals surface area contributed by atoms with Crippen LogP contribution in [0.4, 0.5) is 5.69 Å². The number of carbonyl (C=O) groups is 1. The average Bonchev–Trinajstić information content (AvgIpc) is 3.69. The molecule has 1 aliphatic heterocycles. The van der Waals surface area contributed by atoms with Crippen LogP contribution in [-0.4, -0.2) is 35.2 Å². The quantitative estimate of drug-likeness (QED) is 0.251. The van der Waals surface area contributed by atoms with E-state index in [9.17, 15) is 9.59 Å². The van der Waals surface area contributed by atoms with Crippen molar-refractivity contribution >= 4 is 22.4 Å². The van der Waals surface area contributed by atoms with Crippen LogP contribution in [-0.2, 0) is 17.4 Å². The first-order valence-corrected chi connectivity index (χ1v) is 15.7. The standard InChI is InChI=1S/C37H33N7O2/c1-22-7-10-29(28-6-4-5-25-19-38-13-12-27(25)28)30(15-22)31-17-34(45)44(21-40-31)37-18-26(37)9-8-23(2)36(46)42-32-20-41-43(3)35(32)24-11-14-39-33(37)16-24/h4-7,10-17,19-21,23,26H,8-9,18H2,1-3H3,(H,42,46)/t23-,26-,37?/m1/s1. The molecule has 0 spiro atoms. The summed E-state index contributed by atoms with van der Waals surface area (Å²) in [6, 6.07) is 20.1. The van der Waals surface area contributed by atoms with E-state index in [0.717, 1.165) is 62.8 Å². The van der Waals surface area contributed by atoms with Crippen LogP contribution in [0, 0.1) is 18.8 Å². The average molecular weight is 608 g/mol. The van der Waals surface area contributed by atoms with Gasteiger partial charge in [0.05, 0.1) is 40.8 Å². The van der Waals surface area contributed by atoms with Gasteiger partial charge in [-0.3, -0.25) is 28.8 Å². The molecule has 0 saturated heterocycles. The van der Waals surface area contributed by atoms with E-state index in [-0.39, 0.29) is 23.3 Å². The molecule has 1 saturated carbocycles. The number of aryl methyl sites for hydroxylation is 2. The van der Waals surface area contributed by atoms with E-state index in [1.807, 2.05) is 51.4 Å². The zero-order chi connectivity index (χ0) is 31.6. The maximum atomic E-state index is 14.2. The van der Waals surface area contributed by atoms with Crippen molar-refractivity contribution in [2.75, 3.05) is 5.32 Å². The Labute approximate surface area is 266 Å². The summed E-state index contributed by atoms with van der Waals surface area (Å²) >= 11 is 0. The molecule has 8 rings (SSSR count). The summed E-state index contributed by atoms with van der Waals surface area (Å²) in [5.41, 5.74) is 7.07. The molecular weight excluding hydrogens is 574 g/mol. The molecule has 1 aliphatic carbocycles. The Morgan fingerprint density at radius 3 is 2.67 bits per heavy atom. The van der Waals surface area contributed by atoms with Gasteiger partial charge in [0.25, 0.3) is 5.56 Å². The highest BCUT2D eigenvalue weighted by Crippen LogP contribution is 2.57. The molecule has 4 aromatic heterocycles. The minimum Gasteiger partial charge on any atom is -0.323 e. The van der Waals surface area contributed by atoms with Crippen LogP contribution in [0.1, 0.15) is 37.4 Å². The van der Waals surface area contributed by atoms with Gasteiger partial charge in [0, 0.05) is 54.1 Å². The van der Waals surface area contributed by atoms with Gasteiger partial charge < -0.3 is 5.32 Å². The molecule has 9 heteroatoms. The Balaban J connectivity index is 1.26. The van der Waals surface area contributed by atoms with Gasteiger partial charge in [-0.1, -0.05) is 42.8 Å². The normalized spacial score (nSPS) is 20.6. The molecule has 2 bridgehead atoms. The lowest BCUT2D eigenvalue weighted by Crippen LogP contribution is -2.34. The van der Waals surface area contributed by atoms with Crippen molar-refractivity contribution in [3.05, 3.63) is 113 Å². The van der Waals surface area contributed by atoms with Crippen molar-refractivity contribution in [3.63, 3.8) is 0 Å². The minimum atomic E-state index is -0.648. The number of carbonyl (C=O) groups excluding carboxylic acids is 1. The van der Waals surface area contributed by atoms with Crippen LogP contribution in [0.25, 0.3) is 44.4 Å². The molecule has 1 fully saturated rings. The fourth-order valence-corrected chi connectivity index (χ4v) is 7.22. The number of rotatable bonds is 3. The van der Waals surface area contributed by atoms with E-state index in [1.165, 1.54) is 0 Å². The second-order valence-electron chi connectivity index (χ2n) is 12.7. The summed E-state index contributed by atoms with van der Waals surface area (Å²) in [7, 11) is 1.86. The zero-order valence-corrected chi connectivity index (χ0v) is 25.9. The van der Waals surface area contributed by atoms with Crippen molar-refractivity contribution in [2.24, 2.45) is 18.9 Å². The highest BCUT2D eigenvalue weighted by atomic mass is 16.2. The first-order valence-electron chi connectivity index (χ1n) is 15.7. The molecule has 3 atom stereocenters. The third-order valence-corrected chi connectivity index (χ3v) is 9.80. The van der Waals surface area contributed by atoms with Gasteiger partial charge in [0.1, 0.15) is 0 Å². The second-order valence-corrected chi connectivity index (χ2v) is 12.7. The molecule has 6 aromatic rings. The topological polar surface area (TPSA) is 108 Å². The van der Waals surface area contributed by atoms with E-state index in [0.29, 0.717) is 17.8 Å². The first kappa shape index (κ1) is 28.1. The maximum absolute atomic E-state index is 14.2. The lowest BCUT2D eigenvalue weighted by molar-refractivity contribution is -0.119. The van der Waals surface area contributed by atoms with Gasteiger partial charge in [-0.25, -0.2) is 4.98 Å². The molecule has 1 unspecified atom stereocenters. The number of hydrogen-bond donors (Lipinski definition) is 1. The van der Waals surface area contributed by atoms with E-state index in [1.54, 1.807) is 40.2 Å². The van der Waals surface area contributed by atoms with E-state index in [4.69, 9.17) is 9.97 Å². The Bertz CT molecular complexity index is 2230. The first-order chi connectivity index (χ1) is 22.3. The SMILES string of the molecule is Cc1ccc(-c2cccc3cnccc23)c(-c2cc(=O)n(C34C[C@H]3CC[C@@H](C)C(=O)Nc3cnn(C)c3-c3ccnc4c3)cn2)c1. The number of amides is 1. The van der Waals surface area contributed by atoms with Gasteiger partial charge >= 0.3 is 0 Å². The van der Waals surface area contributed by atoms with Gasteiger partial charge in [-0.2, -0.15) is 5.10 Å². The number of pyridine rings is 2. The van der Waals surface area contributed by atoms with Gasteiger partial charge in [0.2, 0.25) is 5.91 Å². The predicted molar refractivity (Wildman–Crippen MR) is 178 cm³/mol. The molecule has 1 N–H and O–H groups in total. The summed E-state index contributed by atoms with van der Waals surface area (Å²) in [4.78, 5) is 41.4. The molecular formula is C37H33N7O2. The Morgan fingerprint density at radius 1 is 0.913 bits per heavy atom. The third-order valence-electron chi connectivity index (χ3n) is 9.80. The second kappa shape index (κ2) is 10.6. The van der Waals surface area contributed by atoms with Gasteiger partial charge in [-0.15, -0.1) is 0 Å². The monoisotopic (exact) mass is 607 g/mol. The molecule has 2 aliphatic rings. The molecule has 9 nitrogen and oxygen atoms in total. The van der Waals surface area contributed by atoms with Crippen molar-refractivity contribution in [1.82, 2.24) is 29.3 Å². The van der Waals surface area contributed by atoms with Crippen LogP contribution in [0.5, 0.6) is 0 Å². The molecule has 5 heterocycles. The summed E-state index contributed by atoms with van der Waals surface area (Å²) < 4.78 is 3.53. The summed E-state index contributed by atoms with van der Waals surface area (Å²) in [6.45, 7) is 4.00. The molecule has 46 heavy (non-hydrogen) atoms. The smallest absolute Gasteiger partial charge is 0.254 e. The van der Waals surface area contributed by atoms with Gasteiger partial charge in [0.15, 0.2) is 0 Å². The maximum Gasteiger partial charge on any atom is 0.254 e. The fraction of sp³-hybridized carbons (Fsp3) is 0.243. The van der Waals surface area contributed by atoms with Crippen LogP contribution in [0.2, 0.25) is 0 Å². The predicted octanol–water partition coefficient (Wildman–Crippen LogP) is 6.36. The van der Waals surface area contributed by atoms with Crippen LogP contribution >= 0.6 is 0 Å². The highest BCUT2D eigenvalue weighted by Gasteiger charge is 2.58. The molecule has 1 amide bonds.